The molecule has 132 valence electrons. The quantitative estimate of drug-likeness (QED) is 0.773. The van der Waals surface area contributed by atoms with Gasteiger partial charge in [-0.2, -0.15) is 0 Å². The Labute approximate surface area is 148 Å². The first-order valence-corrected chi connectivity index (χ1v) is 8.25. The molecule has 0 aliphatic heterocycles. The van der Waals surface area contributed by atoms with Crippen molar-refractivity contribution >= 4 is 17.6 Å². The van der Waals surface area contributed by atoms with E-state index in [4.69, 9.17) is 9.47 Å². The molecule has 0 aromatic heterocycles. The number of hydrogen-bond acceptors (Lipinski definition) is 4. The fourth-order valence-electron chi connectivity index (χ4n) is 2.41. The lowest BCUT2D eigenvalue weighted by Gasteiger charge is -2.15. The molecule has 0 fully saturated rings. The van der Waals surface area contributed by atoms with Crippen LogP contribution in [0.25, 0.3) is 0 Å². The first-order valence-electron chi connectivity index (χ1n) is 8.25. The van der Waals surface area contributed by atoms with Crippen LogP contribution in [0.1, 0.15) is 42.1 Å². The van der Waals surface area contributed by atoms with E-state index in [0.717, 1.165) is 17.7 Å². The van der Waals surface area contributed by atoms with Crippen molar-refractivity contribution in [1.29, 1.82) is 0 Å². The van der Waals surface area contributed by atoms with E-state index in [1.165, 1.54) is 7.11 Å². The number of ether oxygens (including phenoxy) is 2. The molecule has 0 aliphatic rings. The predicted molar refractivity (Wildman–Crippen MR) is 97.1 cm³/mol. The van der Waals surface area contributed by atoms with Crippen molar-refractivity contribution in [3.05, 3.63) is 59.7 Å². The van der Waals surface area contributed by atoms with Gasteiger partial charge in [-0.3, -0.25) is 4.79 Å². The maximum absolute atomic E-state index is 12.1. The summed E-state index contributed by atoms with van der Waals surface area (Å²) >= 11 is 0. The molecule has 0 aliphatic carbocycles. The van der Waals surface area contributed by atoms with Gasteiger partial charge in [-0.05, 0) is 42.2 Å². The zero-order chi connectivity index (χ0) is 18.2. The van der Waals surface area contributed by atoms with Gasteiger partial charge in [-0.15, -0.1) is 0 Å². The number of nitrogens with one attached hydrogen (secondary N) is 1. The van der Waals surface area contributed by atoms with Crippen molar-refractivity contribution in [3.8, 4) is 5.75 Å². The van der Waals surface area contributed by atoms with Crippen LogP contribution in [0, 0.1) is 0 Å². The molecule has 0 bridgehead atoms. The molecular formula is C20H23NO4. The molecule has 2 aromatic carbocycles. The molecule has 1 amide bonds. The molecule has 0 heterocycles. The number of hydrogen-bond donors (Lipinski definition) is 1. The molecule has 0 saturated carbocycles. The van der Waals surface area contributed by atoms with Crippen LogP contribution in [0.3, 0.4) is 0 Å². The van der Waals surface area contributed by atoms with Crippen LogP contribution in [0.4, 0.5) is 5.69 Å². The maximum Gasteiger partial charge on any atom is 0.338 e. The third kappa shape index (κ3) is 5.08. The number of esters is 1. The number of carbonyl (C=O) groups is 2. The molecule has 5 nitrogen and oxygen atoms in total. The number of amides is 1. The molecule has 0 saturated heterocycles. The number of carbonyl (C=O) groups excluding carboxylic acids is 2. The standard InChI is InChI=1S/C20H23NO4/c1-4-14(2)17-10-5-6-11-18(17)21-19(22)13-25-20(23)15-8-7-9-16(12-15)24-3/h5-12,14H,4,13H2,1-3H3,(H,21,22)/t14-/m0/s1. The Balaban J connectivity index is 1.96. The SMILES string of the molecule is CC[C@H](C)c1ccccc1NC(=O)COC(=O)c1cccc(OC)c1. The summed E-state index contributed by atoms with van der Waals surface area (Å²) in [5, 5.41) is 2.81. The van der Waals surface area contributed by atoms with Crippen LogP contribution in [-0.2, 0) is 9.53 Å². The monoisotopic (exact) mass is 341 g/mol. The van der Waals surface area contributed by atoms with Crippen LogP contribution in [0.2, 0.25) is 0 Å². The summed E-state index contributed by atoms with van der Waals surface area (Å²) in [4.78, 5) is 24.2. The van der Waals surface area contributed by atoms with Crippen molar-refractivity contribution in [2.45, 2.75) is 26.2 Å². The van der Waals surface area contributed by atoms with Crippen molar-refractivity contribution < 1.29 is 19.1 Å². The first kappa shape index (κ1) is 18.5. The van der Waals surface area contributed by atoms with Gasteiger partial charge in [0, 0.05) is 5.69 Å². The number of benzene rings is 2. The highest BCUT2D eigenvalue weighted by Gasteiger charge is 2.14. The lowest BCUT2D eigenvalue weighted by atomic mass is 9.97. The maximum atomic E-state index is 12.1. The smallest absolute Gasteiger partial charge is 0.338 e. The lowest BCUT2D eigenvalue weighted by molar-refractivity contribution is -0.119. The van der Waals surface area contributed by atoms with Gasteiger partial charge in [0.2, 0.25) is 0 Å². The Morgan fingerprint density at radius 2 is 1.88 bits per heavy atom. The average molecular weight is 341 g/mol. The zero-order valence-electron chi connectivity index (χ0n) is 14.7. The normalized spacial score (nSPS) is 11.5. The van der Waals surface area contributed by atoms with E-state index in [9.17, 15) is 9.59 Å². The van der Waals surface area contributed by atoms with Crippen LogP contribution in [0.15, 0.2) is 48.5 Å². The second-order valence-corrected chi connectivity index (χ2v) is 5.75. The summed E-state index contributed by atoms with van der Waals surface area (Å²) in [6.07, 6.45) is 0.970. The second-order valence-electron chi connectivity index (χ2n) is 5.75. The lowest BCUT2D eigenvalue weighted by Crippen LogP contribution is -2.21. The van der Waals surface area contributed by atoms with Crippen molar-refractivity contribution in [2.75, 3.05) is 19.0 Å². The molecule has 1 atom stereocenters. The molecule has 2 rings (SSSR count). The van der Waals surface area contributed by atoms with E-state index in [-0.39, 0.29) is 12.5 Å². The zero-order valence-corrected chi connectivity index (χ0v) is 14.7. The van der Waals surface area contributed by atoms with Gasteiger partial charge in [0.25, 0.3) is 5.91 Å². The number of methoxy groups -OCH3 is 1. The van der Waals surface area contributed by atoms with E-state index in [1.807, 2.05) is 24.3 Å². The van der Waals surface area contributed by atoms with E-state index in [0.29, 0.717) is 17.2 Å². The van der Waals surface area contributed by atoms with Gasteiger partial charge in [0.1, 0.15) is 5.75 Å². The number of para-hydroxylation sites is 1. The second kappa shape index (κ2) is 8.87. The summed E-state index contributed by atoms with van der Waals surface area (Å²) < 4.78 is 10.2. The molecule has 0 radical (unpaired) electrons. The number of anilines is 1. The van der Waals surface area contributed by atoms with E-state index in [2.05, 4.69) is 19.2 Å². The minimum absolute atomic E-state index is 0.329. The molecule has 2 aromatic rings. The minimum atomic E-state index is -0.565. The Bertz CT molecular complexity index is 742. The largest absolute Gasteiger partial charge is 0.497 e. The summed E-state index contributed by atoms with van der Waals surface area (Å²) in [7, 11) is 1.52. The Morgan fingerprint density at radius 1 is 1.12 bits per heavy atom. The van der Waals surface area contributed by atoms with Gasteiger partial charge in [-0.25, -0.2) is 4.79 Å². The Kier molecular flexibility index (Phi) is 6.57. The summed E-state index contributed by atoms with van der Waals surface area (Å²) in [5.41, 5.74) is 2.16. The highest BCUT2D eigenvalue weighted by atomic mass is 16.5. The fraction of sp³-hybridized carbons (Fsp3) is 0.300. The molecule has 0 unspecified atom stereocenters. The first-order chi connectivity index (χ1) is 12.0. The molecular weight excluding hydrogens is 318 g/mol. The average Bonchev–Trinajstić information content (AvgIpc) is 2.66. The van der Waals surface area contributed by atoms with Crippen LogP contribution < -0.4 is 10.1 Å². The molecule has 5 heteroatoms. The third-order valence-electron chi connectivity index (χ3n) is 4.02. The number of rotatable bonds is 7. The highest BCUT2D eigenvalue weighted by molar-refractivity contribution is 5.96. The fourth-order valence-corrected chi connectivity index (χ4v) is 2.41. The predicted octanol–water partition coefficient (Wildman–Crippen LogP) is 4.00. The van der Waals surface area contributed by atoms with Crippen LogP contribution in [-0.4, -0.2) is 25.6 Å². The highest BCUT2D eigenvalue weighted by Crippen LogP contribution is 2.26. The van der Waals surface area contributed by atoms with E-state index >= 15 is 0 Å². The van der Waals surface area contributed by atoms with Gasteiger partial charge in [0.05, 0.1) is 12.7 Å². The summed E-state index contributed by atoms with van der Waals surface area (Å²) in [6.45, 7) is 3.86. The van der Waals surface area contributed by atoms with Gasteiger partial charge in [0.15, 0.2) is 6.61 Å². The van der Waals surface area contributed by atoms with Crippen molar-refractivity contribution in [1.82, 2.24) is 0 Å². The van der Waals surface area contributed by atoms with Crippen molar-refractivity contribution in [3.63, 3.8) is 0 Å². The Hall–Kier alpha value is -2.82. The van der Waals surface area contributed by atoms with Gasteiger partial charge >= 0.3 is 5.97 Å². The Morgan fingerprint density at radius 3 is 2.60 bits per heavy atom. The summed E-state index contributed by atoms with van der Waals surface area (Å²) in [6, 6.07) is 14.3. The topological polar surface area (TPSA) is 64.6 Å². The third-order valence-corrected chi connectivity index (χ3v) is 4.02. The van der Waals surface area contributed by atoms with E-state index in [1.54, 1.807) is 24.3 Å². The van der Waals surface area contributed by atoms with Gasteiger partial charge < -0.3 is 14.8 Å². The molecule has 0 spiro atoms. The summed E-state index contributed by atoms with van der Waals surface area (Å²) in [5.74, 6) is -0.0477. The molecule has 1 N–H and O–H groups in total. The van der Waals surface area contributed by atoms with Crippen LogP contribution in [0.5, 0.6) is 5.75 Å². The van der Waals surface area contributed by atoms with E-state index < -0.39 is 5.97 Å². The minimum Gasteiger partial charge on any atom is -0.497 e. The molecule has 25 heavy (non-hydrogen) atoms. The van der Waals surface area contributed by atoms with Crippen molar-refractivity contribution in [2.24, 2.45) is 0 Å². The van der Waals surface area contributed by atoms with Gasteiger partial charge in [-0.1, -0.05) is 38.1 Å². The van der Waals surface area contributed by atoms with Crippen LogP contribution >= 0.6 is 0 Å².